The summed E-state index contributed by atoms with van der Waals surface area (Å²) in [4.78, 5) is 10.3. The van der Waals surface area contributed by atoms with Crippen molar-refractivity contribution in [2.45, 2.75) is 12.8 Å². The van der Waals surface area contributed by atoms with Gasteiger partial charge in [0.25, 0.3) is 6.36 Å². The highest BCUT2D eigenvalue weighted by atomic mass is 19.3. The quantitative estimate of drug-likeness (QED) is 0.843. The summed E-state index contributed by atoms with van der Waals surface area (Å²) in [5.41, 5.74) is 0.103. The number of hydrogen-bond donors (Lipinski definition) is 2. The number of amides is 1. The highest BCUT2D eigenvalue weighted by Crippen LogP contribution is 2.20. The molecule has 0 heterocycles. The number of alkyl halides is 3. The Kier molecular flexibility index (Phi) is 3.98. The van der Waals surface area contributed by atoms with E-state index in [4.69, 9.17) is 5.11 Å². The maximum absolute atomic E-state index is 12.5. The van der Waals surface area contributed by atoms with Crippen molar-refractivity contribution in [2.24, 2.45) is 0 Å². The molecule has 0 aromatic heterocycles. The van der Waals surface area contributed by atoms with E-state index in [1.54, 1.807) is 0 Å². The van der Waals surface area contributed by atoms with Crippen LogP contribution in [0.2, 0.25) is 0 Å². The molecule has 1 atom stereocenters. The molecule has 1 aromatic carbocycles. The highest BCUT2D eigenvalue weighted by molar-refractivity contribution is 5.83. The van der Waals surface area contributed by atoms with E-state index in [9.17, 15) is 18.0 Å². The maximum atomic E-state index is 12.5. The van der Waals surface area contributed by atoms with E-state index in [0.29, 0.717) is 0 Å². The van der Waals surface area contributed by atoms with Gasteiger partial charge in [0.1, 0.15) is 5.75 Å². The molecule has 1 unspecified atom stereocenters. The van der Waals surface area contributed by atoms with Crippen LogP contribution < -0.4 is 10.1 Å². The zero-order chi connectivity index (χ0) is 12.1. The van der Waals surface area contributed by atoms with Crippen molar-refractivity contribution in [3.8, 4) is 5.75 Å². The molecule has 16 heavy (non-hydrogen) atoms. The van der Waals surface area contributed by atoms with Gasteiger partial charge in [-0.3, -0.25) is 5.32 Å². The summed E-state index contributed by atoms with van der Waals surface area (Å²) in [7, 11) is 0. The van der Waals surface area contributed by atoms with E-state index in [2.05, 4.69) is 4.74 Å². The van der Waals surface area contributed by atoms with Gasteiger partial charge in [0.15, 0.2) is 0 Å². The Labute approximate surface area is 88.6 Å². The monoisotopic (exact) mass is 235 g/mol. The average molecular weight is 235 g/mol. The van der Waals surface area contributed by atoms with Crippen molar-refractivity contribution in [3.05, 3.63) is 24.3 Å². The Morgan fingerprint density at radius 1 is 1.38 bits per heavy atom. The van der Waals surface area contributed by atoms with Gasteiger partial charge < -0.3 is 9.84 Å². The lowest BCUT2D eigenvalue weighted by molar-refractivity contribution is -0.0668. The molecule has 0 bridgehead atoms. The molecule has 0 radical (unpaired) electrons. The van der Waals surface area contributed by atoms with Crippen LogP contribution in [-0.2, 0) is 0 Å². The molecule has 0 fully saturated rings. The van der Waals surface area contributed by atoms with Gasteiger partial charge in [-0.2, -0.15) is 4.39 Å². The molecule has 88 valence electrons. The lowest BCUT2D eigenvalue weighted by Gasteiger charge is -2.11. The highest BCUT2D eigenvalue weighted by Gasteiger charge is 2.20. The number of hydrogen-bond acceptors (Lipinski definition) is 2. The summed E-state index contributed by atoms with van der Waals surface area (Å²) in [5.74, 6) is -0.181. The molecular formula is C9H8F3NO3. The Hall–Kier alpha value is -1.92. The molecule has 0 aliphatic carbocycles. The molecule has 0 saturated carbocycles. The van der Waals surface area contributed by atoms with Gasteiger partial charge in [0.2, 0.25) is 0 Å². The van der Waals surface area contributed by atoms with Gasteiger partial charge in [0.05, 0.1) is 0 Å². The zero-order valence-electron chi connectivity index (χ0n) is 7.86. The molecule has 0 spiro atoms. The number of halogens is 3. The Morgan fingerprint density at radius 3 is 2.62 bits per heavy atom. The van der Waals surface area contributed by atoms with Gasteiger partial charge in [-0.15, -0.1) is 0 Å². The Morgan fingerprint density at radius 2 is 2.06 bits per heavy atom. The summed E-state index contributed by atoms with van der Waals surface area (Å²) in [5, 5.41) is 10.4. The molecule has 0 aliphatic heterocycles. The number of ether oxygens (including phenoxy) is 1. The van der Waals surface area contributed by atoms with E-state index < -0.39 is 18.9 Å². The lowest BCUT2D eigenvalue weighted by Crippen LogP contribution is -2.19. The van der Waals surface area contributed by atoms with Crippen LogP contribution >= 0.6 is 0 Å². The van der Waals surface area contributed by atoms with Crippen LogP contribution in [0.15, 0.2) is 24.3 Å². The third-order valence-electron chi connectivity index (χ3n) is 1.53. The first-order chi connectivity index (χ1) is 7.49. The predicted octanol–water partition coefficient (Wildman–Crippen LogP) is 2.72. The standard InChI is InChI=1S/C9H8F3NO3/c10-7(11)8(12)16-6-3-1-2-5(4-6)13-9(14)15/h1-4,7-8,13H,(H,14,15). The van der Waals surface area contributed by atoms with Crippen molar-refractivity contribution in [1.29, 1.82) is 0 Å². The minimum Gasteiger partial charge on any atom is -0.465 e. The van der Waals surface area contributed by atoms with Gasteiger partial charge in [-0.25, -0.2) is 13.6 Å². The van der Waals surface area contributed by atoms with Crippen molar-refractivity contribution >= 4 is 11.8 Å². The molecule has 2 N–H and O–H groups in total. The topological polar surface area (TPSA) is 58.6 Å². The minimum atomic E-state index is -3.25. The molecule has 4 nitrogen and oxygen atoms in total. The molecule has 0 aliphatic rings. The molecule has 0 saturated heterocycles. The third kappa shape index (κ3) is 3.68. The molecule has 1 rings (SSSR count). The second kappa shape index (κ2) is 5.24. The summed E-state index contributed by atoms with van der Waals surface area (Å²) >= 11 is 0. The smallest absolute Gasteiger partial charge is 0.409 e. The van der Waals surface area contributed by atoms with Crippen LogP contribution in [0.25, 0.3) is 0 Å². The summed E-state index contributed by atoms with van der Waals surface area (Å²) in [6, 6.07) is 5.06. The van der Waals surface area contributed by atoms with Gasteiger partial charge in [-0.1, -0.05) is 6.07 Å². The molecular weight excluding hydrogens is 227 g/mol. The van der Waals surface area contributed by atoms with E-state index in [-0.39, 0.29) is 11.4 Å². The van der Waals surface area contributed by atoms with E-state index in [0.717, 1.165) is 6.07 Å². The van der Waals surface area contributed by atoms with Crippen molar-refractivity contribution in [1.82, 2.24) is 0 Å². The average Bonchev–Trinajstić information content (AvgIpc) is 2.16. The van der Waals surface area contributed by atoms with Gasteiger partial charge in [0, 0.05) is 11.8 Å². The number of rotatable bonds is 4. The number of carboxylic acid groups (broad SMARTS) is 1. The number of anilines is 1. The van der Waals surface area contributed by atoms with Crippen LogP contribution in [0, 0.1) is 0 Å². The van der Waals surface area contributed by atoms with E-state index in [1.807, 2.05) is 5.32 Å². The number of benzene rings is 1. The predicted molar refractivity (Wildman–Crippen MR) is 49.6 cm³/mol. The van der Waals surface area contributed by atoms with E-state index >= 15 is 0 Å². The molecule has 1 aromatic rings. The second-order valence-corrected chi connectivity index (χ2v) is 2.76. The summed E-state index contributed by atoms with van der Waals surface area (Å²) in [6.07, 6.45) is -7.31. The fourth-order valence-electron chi connectivity index (χ4n) is 0.952. The Balaban J connectivity index is 2.70. The summed E-state index contributed by atoms with van der Waals surface area (Å²) in [6.45, 7) is 0. The van der Waals surface area contributed by atoms with Crippen LogP contribution in [-0.4, -0.2) is 24.0 Å². The first-order valence-electron chi connectivity index (χ1n) is 4.18. The first kappa shape index (κ1) is 12.2. The lowest BCUT2D eigenvalue weighted by atomic mass is 10.3. The fourth-order valence-corrected chi connectivity index (χ4v) is 0.952. The third-order valence-corrected chi connectivity index (χ3v) is 1.53. The summed E-state index contributed by atoms with van der Waals surface area (Å²) < 4.78 is 40.4. The van der Waals surface area contributed by atoms with Crippen LogP contribution in [0.3, 0.4) is 0 Å². The van der Waals surface area contributed by atoms with Crippen LogP contribution in [0.5, 0.6) is 5.75 Å². The maximum Gasteiger partial charge on any atom is 0.409 e. The SMILES string of the molecule is O=C(O)Nc1cccc(OC(F)C(F)F)c1. The fraction of sp³-hybridized carbons (Fsp3) is 0.222. The van der Waals surface area contributed by atoms with Gasteiger partial charge in [-0.05, 0) is 12.1 Å². The largest absolute Gasteiger partial charge is 0.465 e. The number of carbonyl (C=O) groups is 1. The normalized spacial score (nSPS) is 12.2. The van der Waals surface area contributed by atoms with Crippen molar-refractivity contribution in [3.63, 3.8) is 0 Å². The van der Waals surface area contributed by atoms with Crippen molar-refractivity contribution < 1.29 is 27.8 Å². The first-order valence-corrected chi connectivity index (χ1v) is 4.18. The molecule has 1 amide bonds. The second-order valence-electron chi connectivity index (χ2n) is 2.76. The van der Waals surface area contributed by atoms with E-state index in [1.165, 1.54) is 18.2 Å². The van der Waals surface area contributed by atoms with Gasteiger partial charge >= 0.3 is 12.5 Å². The number of nitrogens with one attached hydrogen (secondary N) is 1. The van der Waals surface area contributed by atoms with Crippen LogP contribution in [0.1, 0.15) is 0 Å². The van der Waals surface area contributed by atoms with Crippen molar-refractivity contribution in [2.75, 3.05) is 5.32 Å². The van der Waals surface area contributed by atoms with Crippen LogP contribution in [0.4, 0.5) is 23.7 Å². The molecule has 7 heteroatoms. The Bertz CT molecular complexity index is 373. The zero-order valence-corrected chi connectivity index (χ0v) is 7.86. The minimum absolute atomic E-state index is 0.103.